The maximum Gasteiger partial charge on any atom is 0.306 e. The molecule has 0 bridgehead atoms. The molecular formula is C14H18O4. The van der Waals surface area contributed by atoms with Crippen LogP contribution in [-0.2, 0) is 11.2 Å². The molecule has 0 heterocycles. The van der Waals surface area contributed by atoms with Gasteiger partial charge in [-0.05, 0) is 37.3 Å². The molecule has 18 heavy (non-hydrogen) atoms. The van der Waals surface area contributed by atoms with Crippen LogP contribution < -0.4 is 9.47 Å². The highest BCUT2D eigenvalue weighted by Crippen LogP contribution is 2.43. The largest absolute Gasteiger partial charge is 0.496 e. The summed E-state index contributed by atoms with van der Waals surface area (Å²) in [6.07, 6.45) is 1.52. The maximum atomic E-state index is 10.8. The zero-order valence-corrected chi connectivity index (χ0v) is 10.9. The Morgan fingerprint density at radius 2 is 2.11 bits per heavy atom. The van der Waals surface area contributed by atoms with E-state index in [4.69, 9.17) is 14.6 Å². The number of carboxylic acid groups (broad SMARTS) is 1. The van der Waals surface area contributed by atoms with Gasteiger partial charge < -0.3 is 14.6 Å². The van der Waals surface area contributed by atoms with Crippen molar-refractivity contribution in [1.29, 1.82) is 0 Å². The van der Waals surface area contributed by atoms with E-state index in [1.807, 2.05) is 19.1 Å². The number of aliphatic carboxylic acids is 1. The van der Waals surface area contributed by atoms with Crippen LogP contribution in [0.5, 0.6) is 11.5 Å². The highest BCUT2D eigenvalue weighted by molar-refractivity contribution is 5.73. The Hall–Kier alpha value is -1.71. The van der Waals surface area contributed by atoms with Gasteiger partial charge in [0.25, 0.3) is 0 Å². The van der Waals surface area contributed by atoms with Crippen molar-refractivity contribution in [2.75, 3.05) is 14.2 Å². The molecule has 0 spiro atoms. The predicted octanol–water partition coefficient (Wildman–Crippen LogP) is 2.28. The van der Waals surface area contributed by atoms with Crippen LogP contribution in [0.3, 0.4) is 0 Å². The number of hydrogen-bond donors (Lipinski definition) is 1. The van der Waals surface area contributed by atoms with Crippen LogP contribution >= 0.6 is 0 Å². The second-order valence-corrected chi connectivity index (χ2v) is 4.73. The lowest BCUT2D eigenvalue weighted by atomic mass is 10.0. The minimum absolute atomic E-state index is 0.183. The van der Waals surface area contributed by atoms with Gasteiger partial charge in [-0.25, -0.2) is 0 Å². The molecule has 4 nitrogen and oxygen atoms in total. The first kappa shape index (κ1) is 12.7. The second kappa shape index (κ2) is 4.88. The zero-order valence-electron chi connectivity index (χ0n) is 10.9. The Balaban J connectivity index is 2.19. The molecule has 0 aliphatic heterocycles. The average Bonchev–Trinajstić information content (AvgIpc) is 3.09. The zero-order chi connectivity index (χ0) is 13.3. The maximum absolute atomic E-state index is 10.8. The molecule has 0 radical (unpaired) electrons. The molecule has 1 aromatic carbocycles. The van der Waals surface area contributed by atoms with Crippen LogP contribution in [0, 0.1) is 18.8 Å². The summed E-state index contributed by atoms with van der Waals surface area (Å²) in [5, 5.41) is 8.91. The third-order valence-electron chi connectivity index (χ3n) is 3.58. The summed E-state index contributed by atoms with van der Waals surface area (Å²) in [6.45, 7) is 1.95. The van der Waals surface area contributed by atoms with Crippen molar-refractivity contribution in [2.24, 2.45) is 11.8 Å². The van der Waals surface area contributed by atoms with E-state index in [1.54, 1.807) is 14.2 Å². The smallest absolute Gasteiger partial charge is 0.306 e. The molecule has 1 N–H and O–H groups in total. The quantitative estimate of drug-likeness (QED) is 0.871. The van der Waals surface area contributed by atoms with Gasteiger partial charge in [-0.3, -0.25) is 4.79 Å². The fourth-order valence-corrected chi connectivity index (χ4v) is 2.45. The minimum Gasteiger partial charge on any atom is -0.496 e. The van der Waals surface area contributed by atoms with E-state index in [2.05, 4.69) is 0 Å². The number of carbonyl (C=O) groups is 1. The third kappa shape index (κ3) is 2.28. The molecule has 4 heteroatoms. The summed E-state index contributed by atoms with van der Waals surface area (Å²) < 4.78 is 10.7. The number of benzene rings is 1. The number of rotatable bonds is 5. The lowest BCUT2D eigenvalue weighted by Crippen LogP contribution is -2.03. The van der Waals surface area contributed by atoms with E-state index < -0.39 is 5.97 Å². The standard InChI is InChI=1S/C14H18O4/c1-8-12(17-2)5-4-9(13(8)18-3)6-10-7-11(10)14(15)16/h4-5,10-11H,6-7H2,1-3H3,(H,15,16). The summed E-state index contributed by atoms with van der Waals surface area (Å²) in [6, 6.07) is 3.87. The first-order valence-electron chi connectivity index (χ1n) is 6.01. The number of hydrogen-bond acceptors (Lipinski definition) is 3. The van der Waals surface area contributed by atoms with Crippen LogP contribution in [-0.4, -0.2) is 25.3 Å². The van der Waals surface area contributed by atoms with Crippen LogP contribution in [0.4, 0.5) is 0 Å². The lowest BCUT2D eigenvalue weighted by Gasteiger charge is -2.14. The van der Waals surface area contributed by atoms with Gasteiger partial charge in [0.1, 0.15) is 11.5 Å². The minimum atomic E-state index is -0.691. The van der Waals surface area contributed by atoms with E-state index in [0.717, 1.165) is 35.5 Å². The van der Waals surface area contributed by atoms with Gasteiger partial charge in [0.05, 0.1) is 20.1 Å². The second-order valence-electron chi connectivity index (χ2n) is 4.73. The first-order chi connectivity index (χ1) is 8.58. The molecule has 1 aliphatic carbocycles. The van der Waals surface area contributed by atoms with Crippen molar-refractivity contribution in [3.8, 4) is 11.5 Å². The molecule has 98 valence electrons. The normalized spacial score (nSPS) is 21.5. The third-order valence-corrected chi connectivity index (χ3v) is 3.58. The van der Waals surface area contributed by atoms with E-state index >= 15 is 0 Å². The fraction of sp³-hybridized carbons (Fsp3) is 0.500. The van der Waals surface area contributed by atoms with Crippen LogP contribution in [0.25, 0.3) is 0 Å². The summed E-state index contributed by atoms with van der Waals surface area (Å²) in [4.78, 5) is 10.8. The summed E-state index contributed by atoms with van der Waals surface area (Å²) in [5.41, 5.74) is 2.02. The highest BCUT2D eigenvalue weighted by atomic mass is 16.5. The highest BCUT2D eigenvalue weighted by Gasteiger charge is 2.43. The fourth-order valence-electron chi connectivity index (χ4n) is 2.45. The number of methoxy groups -OCH3 is 2. The van der Waals surface area contributed by atoms with Gasteiger partial charge in [0, 0.05) is 5.56 Å². The van der Waals surface area contributed by atoms with Crippen LogP contribution in [0.15, 0.2) is 12.1 Å². The Bertz CT molecular complexity index is 467. The Kier molecular flexibility index (Phi) is 3.45. The number of carboxylic acids is 1. The van der Waals surface area contributed by atoms with Gasteiger partial charge in [-0.2, -0.15) is 0 Å². The van der Waals surface area contributed by atoms with Crippen molar-refractivity contribution in [3.63, 3.8) is 0 Å². The van der Waals surface area contributed by atoms with E-state index in [9.17, 15) is 4.79 Å². The van der Waals surface area contributed by atoms with Crippen LogP contribution in [0.2, 0.25) is 0 Å². The van der Waals surface area contributed by atoms with Gasteiger partial charge in [0.2, 0.25) is 0 Å². The Labute approximate surface area is 107 Å². The molecule has 0 aromatic heterocycles. The molecule has 1 fully saturated rings. The molecule has 1 saturated carbocycles. The van der Waals surface area contributed by atoms with E-state index in [1.165, 1.54) is 0 Å². The molecular weight excluding hydrogens is 232 g/mol. The van der Waals surface area contributed by atoms with Gasteiger partial charge in [-0.1, -0.05) is 6.07 Å². The molecule has 1 aromatic rings. The molecule has 0 amide bonds. The Morgan fingerprint density at radius 3 is 2.61 bits per heavy atom. The van der Waals surface area contributed by atoms with Crippen LogP contribution in [0.1, 0.15) is 17.5 Å². The molecule has 0 saturated heterocycles. The predicted molar refractivity (Wildman–Crippen MR) is 67.2 cm³/mol. The topological polar surface area (TPSA) is 55.8 Å². The van der Waals surface area contributed by atoms with Gasteiger partial charge in [-0.15, -0.1) is 0 Å². The SMILES string of the molecule is COc1ccc(CC2CC2C(=O)O)c(OC)c1C. The van der Waals surface area contributed by atoms with Crippen molar-refractivity contribution in [1.82, 2.24) is 0 Å². The van der Waals surface area contributed by atoms with E-state index in [0.29, 0.717) is 0 Å². The van der Waals surface area contributed by atoms with E-state index in [-0.39, 0.29) is 11.8 Å². The molecule has 1 aliphatic rings. The number of ether oxygens (including phenoxy) is 2. The Morgan fingerprint density at radius 1 is 1.39 bits per heavy atom. The van der Waals surface area contributed by atoms with Gasteiger partial charge in [0.15, 0.2) is 0 Å². The summed E-state index contributed by atoms with van der Waals surface area (Å²) in [5.74, 6) is 0.970. The monoisotopic (exact) mass is 250 g/mol. The average molecular weight is 250 g/mol. The van der Waals surface area contributed by atoms with Crippen molar-refractivity contribution in [3.05, 3.63) is 23.3 Å². The van der Waals surface area contributed by atoms with Gasteiger partial charge >= 0.3 is 5.97 Å². The van der Waals surface area contributed by atoms with Crippen molar-refractivity contribution >= 4 is 5.97 Å². The summed E-state index contributed by atoms with van der Waals surface area (Å²) in [7, 11) is 3.26. The molecule has 2 unspecified atom stereocenters. The molecule has 2 atom stereocenters. The molecule has 2 rings (SSSR count). The summed E-state index contributed by atoms with van der Waals surface area (Å²) >= 11 is 0. The first-order valence-corrected chi connectivity index (χ1v) is 6.01. The van der Waals surface area contributed by atoms with Crippen molar-refractivity contribution < 1.29 is 19.4 Å². The lowest BCUT2D eigenvalue weighted by molar-refractivity contribution is -0.138. The van der Waals surface area contributed by atoms with Crippen molar-refractivity contribution in [2.45, 2.75) is 19.8 Å².